The molecule has 0 saturated heterocycles. The number of hydrogen-bond acceptors (Lipinski definition) is 6. The predicted molar refractivity (Wildman–Crippen MR) is 72.6 cm³/mol. The van der Waals surface area contributed by atoms with Gasteiger partial charge in [-0.15, -0.1) is 0 Å². The first-order valence-corrected chi connectivity index (χ1v) is 6.21. The zero-order chi connectivity index (χ0) is 15.2. The maximum absolute atomic E-state index is 11.7. The number of rotatable bonds is 5. The molecule has 0 radical (unpaired) electrons. The van der Waals surface area contributed by atoms with Crippen molar-refractivity contribution in [3.8, 4) is 11.5 Å². The Labute approximate surface area is 121 Å². The third kappa shape index (κ3) is 3.73. The Morgan fingerprint density at radius 1 is 1.43 bits per heavy atom. The van der Waals surface area contributed by atoms with Crippen molar-refractivity contribution in [1.82, 2.24) is 5.32 Å². The highest BCUT2D eigenvalue weighted by Crippen LogP contribution is 2.32. The van der Waals surface area contributed by atoms with Crippen LogP contribution in [0.2, 0.25) is 0 Å². The predicted octanol–water partition coefficient (Wildman–Crippen LogP) is 0.0786. The van der Waals surface area contributed by atoms with Crippen LogP contribution in [-0.4, -0.2) is 43.5 Å². The topological polar surface area (TPSA) is 94.1 Å². The summed E-state index contributed by atoms with van der Waals surface area (Å²) in [5.41, 5.74) is 0.744. The molecule has 0 unspecified atom stereocenters. The lowest BCUT2D eigenvalue weighted by molar-refractivity contribution is -0.145. The maximum Gasteiger partial charge on any atom is 0.330 e. The first-order valence-electron chi connectivity index (χ1n) is 6.21. The normalized spacial score (nSPS) is 14.0. The van der Waals surface area contributed by atoms with Crippen LogP contribution in [0.3, 0.4) is 0 Å². The molecule has 0 bridgehead atoms. The Kier molecular flexibility index (Phi) is 4.78. The van der Waals surface area contributed by atoms with E-state index in [0.717, 1.165) is 5.56 Å². The van der Waals surface area contributed by atoms with Gasteiger partial charge >= 0.3 is 5.97 Å². The van der Waals surface area contributed by atoms with Gasteiger partial charge in [0, 0.05) is 6.08 Å². The first kappa shape index (κ1) is 14.9. The summed E-state index contributed by atoms with van der Waals surface area (Å²) in [5.74, 6) is 0.0439. The van der Waals surface area contributed by atoms with E-state index in [1.807, 2.05) is 0 Å². The smallest absolute Gasteiger partial charge is 0.330 e. The van der Waals surface area contributed by atoms with E-state index in [4.69, 9.17) is 14.6 Å². The molecule has 0 saturated carbocycles. The summed E-state index contributed by atoms with van der Waals surface area (Å²) in [4.78, 5) is 22.9. The fraction of sp³-hybridized carbons (Fsp3) is 0.286. The minimum atomic E-state index is -1.08. The molecule has 112 valence electrons. The standard InChI is InChI=1S/C14H15NO6/c1-19-14(18)10(7-16)15-13(17)5-3-9-2-4-11-12(6-9)21-8-20-11/h2-6,10,16H,7-8H2,1H3,(H,15,17)/b5-3+/t10-/m0/s1. The summed E-state index contributed by atoms with van der Waals surface area (Å²) < 4.78 is 14.9. The number of carbonyl (C=O) groups is 2. The van der Waals surface area contributed by atoms with E-state index in [2.05, 4.69) is 10.1 Å². The number of carbonyl (C=O) groups excluding carboxylic acids is 2. The lowest BCUT2D eigenvalue weighted by Gasteiger charge is -2.11. The van der Waals surface area contributed by atoms with E-state index in [-0.39, 0.29) is 6.79 Å². The summed E-state index contributed by atoms with van der Waals surface area (Å²) in [5, 5.41) is 11.3. The number of esters is 1. The van der Waals surface area contributed by atoms with Gasteiger partial charge in [-0.3, -0.25) is 4.79 Å². The fourth-order valence-electron chi connectivity index (χ4n) is 1.73. The highest BCUT2D eigenvalue weighted by Gasteiger charge is 2.19. The second-order valence-corrected chi connectivity index (χ2v) is 4.21. The van der Waals surface area contributed by atoms with Crippen molar-refractivity contribution in [3.05, 3.63) is 29.8 Å². The van der Waals surface area contributed by atoms with Crippen molar-refractivity contribution in [1.29, 1.82) is 0 Å². The van der Waals surface area contributed by atoms with Crippen molar-refractivity contribution in [2.24, 2.45) is 0 Å². The van der Waals surface area contributed by atoms with Crippen LogP contribution in [0.25, 0.3) is 6.08 Å². The monoisotopic (exact) mass is 293 g/mol. The molecule has 2 N–H and O–H groups in total. The highest BCUT2D eigenvalue weighted by molar-refractivity contribution is 5.94. The number of methoxy groups -OCH3 is 1. The summed E-state index contributed by atoms with van der Waals surface area (Å²) in [7, 11) is 1.18. The zero-order valence-corrected chi connectivity index (χ0v) is 11.4. The second kappa shape index (κ2) is 6.76. The number of aliphatic hydroxyl groups excluding tert-OH is 1. The van der Waals surface area contributed by atoms with Gasteiger partial charge in [0.1, 0.15) is 0 Å². The molecule has 1 heterocycles. The lowest BCUT2D eigenvalue weighted by Crippen LogP contribution is -2.43. The molecule has 1 aliphatic rings. The highest BCUT2D eigenvalue weighted by atomic mass is 16.7. The molecular weight excluding hydrogens is 278 g/mol. The number of benzene rings is 1. The molecule has 1 aromatic carbocycles. The van der Waals surface area contributed by atoms with Crippen LogP contribution in [-0.2, 0) is 14.3 Å². The third-order valence-corrected chi connectivity index (χ3v) is 2.81. The molecule has 7 heteroatoms. The number of nitrogens with one attached hydrogen (secondary N) is 1. The van der Waals surface area contributed by atoms with E-state index in [9.17, 15) is 9.59 Å². The van der Waals surface area contributed by atoms with Gasteiger partial charge in [-0.1, -0.05) is 6.07 Å². The minimum Gasteiger partial charge on any atom is -0.467 e. The molecule has 1 aliphatic heterocycles. The number of ether oxygens (including phenoxy) is 3. The zero-order valence-electron chi connectivity index (χ0n) is 11.4. The number of amides is 1. The Morgan fingerprint density at radius 3 is 2.90 bits per heavy atom. The first-order chi connectivity index (χ1) is 10.1. The van der Waals surface area contributed by atoms with Gasteiger partial charge in [-0.25, -0.2) is 4.79 Å². The van der Waals surface area contributed by atoms with Crippen LogP contribution >= 0.6 is 0 Å². The van der Waals surface area contributed by atoms with E-state index >= 15 is 0 Å². The van der Waals surface area contributed by atoms with Crippen molar-refractivity contribution in [3.63, 3.8) is 0 Å². The maximum atomic E-state index is 11.7. The molecule has 0 spiro atoms. The van der Waals surface area contributed by atoms with Gasteiger partial charge in [0.25, 0.3) is 0 Å². The van der Waals surface area contributed by atoms with E-state index in [0.29, 0.717) is 11.5 Å². The quantitative estimate of drug-likeness (QED) is 0.590. The summed E-state index contributed by atoms with van der Waals surface area (Å²) in [6.07, 6.45) is 2.81. The lowest BCUT2D eigenvalue weighted by atomic mass is 10.2. The van der Waals surface area contributed by atoms with Crippen molar-refractivity contribution in [2.75, 3.05) is 20.5 Å². The minimum absolute atomic E-state index is 0.181. The third-order valence-electron chi connectivity index (χ3n) is 2.81. The molecule has 0 aliphatic carbocycles. The number of aliphatic hydroxyl groups is 1. The average Bonchev–Trinajstić information content (AvgIpc) is 2.97. The van der Waals surface area contributed by atoms with Crippen molar-refractivity contribution in [2.45, 2.75) is 6.04 Å². The molecule has 1 atom stereocenters. The molecule has 21 heavy (non-hydrogen) atoms. The van der Waals surface area contributed by atoms with Gasteiger partial charge in [-0.2, -0.15) is 0 Å². The molecule has 1 aromatic rings. The van der Waals surface area contributed by atoms with Crippen LogP contribution in [0.15, 0.2) is 24.3 Å². The Morgan fingerprint density at radius 2 is 2.19 bits per heavy atom. The van der Waals surface area contributed by atoms with Crippen LogP contribution < -0.4 is 14.8 Å². The summed E-state index contributed by atoms with van der Waals surface area (Å²) in [6, 6.07) is 4.16. The Bertz CT molecular complexity index is 569. The molecule has 0 aromatic heterocycles. The van der Waals surface area contributed by atoms with Crippen LogP contribution in [0, 0.1) is 0 Å². The van der Waals surface area contributed by atoms with Crippen LogP contribution in [0.5, 0.6) is 11.5 Å². The Balaban J connectivity index is 1.97. The molecule has 1 amide bonds. The summed E-state index contributed by atoms with van der Waals surface area (Å²) >= 11 is 0. The summed E-state index contributed by atoms with van der Waals surface area (Å²) in [6.45, 7) is -0.351. The average molecular weight is 293 g/mol. The largest absolute Gasteiger partial charge is 0.467 e. The fourth-order valence-corrected chi connectivity index (χ4v) is 1.73. The SMILES string of the molecule is COC(=O)[C@H](CO)NC(=O)/C=C/c1ccc2c(c1)OCO2. The second-order valence-electron chi connectivity index (χ2n) is 4.21. The van der Waals surface area contributed by atoms with E-state index in [1.54, 1.807) is 24.3 Å². The number of hydrogen-bond donors (Lipinski definition) is 2. The van der Waals surface area contributed by atoms with E-state index in [1.165, 1.54) is 13.2 Å². The molecule has 7 nitrogen and oxygen atoms in total. The Hall–Kier alpha value is -2.54. The van der Waals surface area contributed by atoms with Crippen molar-refractivity contribution < 1.29 is 28.9 Å². The van der Waals surface area contributed by atoms with Crippen LogP contribution in [0.1, 0.15) is 5.56 Å². The van der Waals surface area contributed by atoms with Gasteiger partial charge in [0.05, 0.1) is 13.7 Å². The van der Waals surface area contributed by atoms with Crippen molar-refractivity contribution >= 4 is 18.0 Å². The van der Waals surface area contributed by atoms with Gasteiger partial charge in [0.2, 0.25) is 12.7 Å². The number of fused-ring (bicyclic) bond motifs is 1. The van der Waals surface area contributed by atoms with Gasteiger partial charge in [-0.05, 0) is 23.8 Å². The molecular formula is C14H15NO6. The molecule has 0 fully saturated rings. The van der Waals surface area contributed by atoms with Crippen LogP contribution in [0.4, 0.5) is 0 Å². The molecule has 2 rings (SSSR count). The van der Waals surface area contributed by atoms with Gasteiger partial charge in [0.15, 0.2) is 17.5 Å². The van der Waals surface area contributed by atoms with E-state index < -0.39 is 24.5 Å². The van der Waals surface area contributed by atoms with Gasteiger partial charge < -0.3 is 24.6 Å².